The number of hydrogen-bond acceptors (Lipinski definition) is 1. The summed E-state index contributed by atoms with van der Waals surface area (Å²) < 4.78 is 62.3. The van der Waals surface area contributed by atoms with Gasteiger partial charge in [0.1, 0.15) is 6.04 Å². The average molecular weight is 339 g/mol. The van der Waals surface area contributed by atoms with Crippen molar-refractivity contribution in [3.63, 3.8) is 0 Å². The minimum atomic E-state index is -5.70. The third kappa shape index (κ3) is 2.89. The molecule has 0 spiro atoms. The number of hydrogen-bond donors (Lipinski definition) is 1. The maximum atomic E-state index is 13.0. The first-order valence-corrected chi connectivity index (χ1v) is 5.39. The maximum Gasteiger partial charge on any atom is 0.455 e. The minimum absolute atomic E-state index is 0.00132. The van der Waals surface area contributed by atoms with Gasteiger partial charge in [0.2, 0.25) is 0 Å². The smallest absolute Gasteiger partial charge is 0.319 e. The Morgan fingerprint density at radius 1 is 1.18 bits per heavy atom. The van der Waals surface area contributed by atoms with E-state index in [9.17, 15) is 22.0 Å². The quantitative estimate of drug-likeness (QED) is 0.800. The molecule has 0 amide bonds. The fourth-order valence-corrected chi connectivity index (χ4v) is 2.05. The molecule has 0 aromatic heterocycles. The van der Waals surface area contributed by atoms with Gasteiger partial charge in [-0.25, -0.2) is 0 Å². The van der Waals surface area contributed by atoms with Crippen LogP contribution in [0.2, 0.25) is 5.02 Å². The van der Waals surface area contributed by atoms with Gasteiger partial charge in [-0.3, -0.25) is 0 Å². The van der Waals surface area contributed by atoms with Gasteiger partial charge in [-0.1, -0.05) is 33.6 Å². The predicted octanol–water partition coefficient (Wildman–Crippen LogP) is 4.30. The summed E-state index contributed by atoms with van der Waals surface area (Å²) >= 11 is 8.39. The van der Waals surface area contributed by atoms with Crippen LogP contribution in [-0.4, -0.2) is 12.1 Å². The molecule has 1 aromatic carbocycles. The Kier molecular flexibility index (Phi) is 4.05. The molecule has 0 radical (unpaired) electrons. The van der Waals surface area contributed by atoms with Crippen LogP contribution in [0.4, 0.5) is 22.0 Å². The fraction of sp³-hybridized carbons (Fsp3) is 0.333. The van der Waals surface area contributed by atoms with Gasteiger partial charge in [0.25, 0.3) is 0 Å². The molecule has 0 fully saturated rings. The Labute approximate surface area is 107 Å². The highest BCUT2D eigenvalue weighted by Gasteiger charge is 2.61. The van der Waals surface area contributed by atoms with Crippen molar-refractivity contribution < 1.29 is 22.0 Å². The lowest BCUT2D eigenvalue weighted by molar-refractivity contribution is -0.291. The molecule has 0 aliphatic carbocycles. The molecular weight excluding hydrogens is 332 g/mol. The highest BCUT2D eigenvalue weighted by molar-refractivity contribution is 9.10. The van der Waals surface area contributed by atoms with Gasteiger partial charge in [-0.15, -0.1) is 0 Å². The van der Waals surface area contributed by atoms with Gasteiger partial charge in [0.05, 0.1) is 0 Å². The van der Waals surface area contributed by atoms with Crippen LogP contribution in [-0.2, 0) is 0 Å². The van der Waals surface area contributed by atoms with Gasteiger partial charge >= 0.3 is 12.1 Å². The molecule has 0 saturated heterocycles. The van der Waals surface area contributed by atoms with Gasteiger partial charge in [-0.05, 0) is 17.7 Å². The standard InChI is InChI=1S/C9H6BrClF5N/c10-6-3-4(11)1-2-5(6)7(17)8(12,13)9(14,15)16/h1-3,7H,17H2/t7-/m1/s1. The van der Waals surface area contributed by atoms with E-state index in [1.807, 2.05) is 0 Å². The summed E-state index contributed by atoms with van der Waals surface area (Å²) in [4.78, 5) is 0. The molecule has 0 bridgehead atoms. The predicted molar refractivity (Wildman–Crippen MR) is 57.1 cm³/mol. The minimum Gasteiger partial charge on any atom is -0.319 e. The molecule has 1 nitrogen and oxygen atoms in total. The van der Waals surface area contributed by atoms with Crippen LogP contribution in [0.5, 0.6) is 0 Å². The summed E-state index contributed by atoms with van der Waals surface area (Å²) in [6, 6.07) is 0.919. The third-order valence-corrected chi connectivity index (χ3v) is 2.99. The number of rotatable bonds is 2. The number of nitrogens with two attached hydrogens (primary N) is 1. The third-order valence-electron chi connectivity index (χ3n) is 2.07. The van der Waals surface area contributed by atoms with Crippen LogP contribution < -0.4 is 5.73 Å². The van der Waals surface area contributed by atoms with Crippen LogP contribution in [0.3, 0.4) is 0 Å². The van der Waals surface area contributed by atoms with Crippen LogP contribution >= 0.6 is 27.5 Å². The zero-order valence-corrected chi connectivity index (χ0v) is 10.4. The molecule has 0 saturated carbocycles. The number of halogens is 7. The largest absolute Gasteiger partial charge is 0.455 e. The Bertz CT molecular complexity index is 420. The molecule has 96 valence electrons. The lowest BCUT2D eigenvalue weighted by Gasteiger charge is -2.26. The summed E-state index contributed by atoms with van der Waals surface area (Å²) in [5.74, 6) is -5.01. The molecule has 1 atom stereocenters. The number of alkyl halides is 5. The van der Waals surface area contributed by atoms with Gasteiger partial charge in [0.15, 0.2) is 0 Å². The second-order valence-electron chi connectivity index (χ2n) is 3.26. The summed E-state index contributed by atoms with van der Waals surface area (Å²) in [7, 11) is 0. The first-order valence-electron chi connectivity index (χ1n) is 4.22. The van der Waals surface area contributed by atoms with Crippen molar-refractivity contribution >= 4 is 27.5 Å². The fourth-order valence-electron chi connectivity index (χ4n) is 1.13. The van der Waals surface area contributed by atoms with Crippen LogP contribution in [0.15, 0.2) is 22.7 Å². The van der Waals surface area contributed by atoms with Crippen molar-refractivity contribution in [1.29, 1.82) is 0 Å². The SMILES string of the molecule is N[C@H](c1ccc(Cl)cc1Br)C(F)(F)C(F)(F)F. The van der Waals surface area contributed by atoms with Gasteiger partial charge in [0, 0.05) is 9.50 Å². The summed E-state index contributed by atoms with van der Waals surface area (Å²) in [6.07, 6.45) is -5.70. The van der Waals surface area contributed by atoms with E-state index in [0.29, 0.717) is 0 Å². The Morgan fingerprint density at radius 3 is 2.12 bits per heavy atom. The molecule has 0 aliphatic heterocycles. The van der Waals surface area contributed by atoms with E-state index in [2.05, 4.69) is 15.9 Å². The zero-order chi connectivity index (χ0) is 13.4. The monoisotopic (exact) mass is 337 g/mol. The lowest BCUT2D eigenvalue weighted by Crippen LogP contribution is -2.45. The molecular formula is C9H6BrClF5N. The van der Waals surface area contributed by atoms with E-state index in [1.165, 1.54) is 12.1 Å². The van der Waals surface area contributed by atoms with E-state index in [1.54, 1.807) is 0 Å². The normalized spacial score (nSPS) is 14.8. The molecule has 0 unspecified atom stereocenters. The van der Waals surface area contributed by atoms with Crippen molar-refractivity contribution in [2.24, 2.45) is 5.73 Å². The Morgan fingerprint density at radius 2 is 1.71 bits per heavy atom. The van der Waals surface area contributed by atoms with Crippen LogP contribution in [0.1, 0.15) is 11.6 Å². The second-order valence-corrected chi connectivity index (χ2v) is 4.56. The molecule has 1 rings (SSSR count). The highest BCUT2D eigenvalue weighted by Crippen LogP contribution is 2.44. The molecule has 0 aliphatic rings. The van der Waals surface area contributed by atoms with Crippen molar-refractivity contribution in [3.05, 3.63) is 33.3 Å². The van der Waals surface area contributed by atoms with Crippen molar-refractivity contribution in [2.45, 2.75) is 18.1 Å². The van der Waals surface area contributed by atoms with E-state index in [4.69, 9.17) is 17.3 Å². The molecule has 0 heterocycles. The Balaban J connectivity index is 3.17. The van der Waals surface area contributed by atoms with E-state index in [0.717, 1.165) is 6.07 Å². The highest BCUT2D eigenvalue weighted by atomic mass is 79.9. The first-order chi connectivity index (χ1) is 7.57. The van der Waals surface area contributed by atoms with E-state index < -0.39 is 18.1 Å². The van der Waals surface area contributed by atoms with E-state index >= 15 is 0 Å². The van der Waals surface area contributed by atoms with Crippen molar-refractivity contribution in [1.82, 2.24) is 0 Å². The summed E-state index contributed by atoms with van der Waals surface area (Å²) in [5.41, 5.74) is 4.60. The van der Waals surface area contributed by atoms with Gasteiger partial charge in [-0.2, -0.15) is 22.0 Å². The first kappa shape index (κ1) is 14.7. The molecule has 8 heteroatoms. The average Bonchev–Trinajstić information content (AvgIpc) is 2.14. The van der Waals surface area contributed by atoms with Gasteiger partial charge < -0.3 is 5.73 Å². The molecule has 2 N–H and O–H groups in total. The maximum absolute atomic E-state index is 13.0. The summed E-state index contributed by atoms with van der Waals surface area (Å²) in [6.45, 7) is 0. The zero-order valence-electron chi connectivity index (χ0n) is 8.03. The van der Waals surface area contributed by atoms with Crippen LogP contribution in [0.25, 0.3) is 0 Å². The topological polar surface area (TPSA) is 26.0 Å². The van der Waals surface area contributed by atoms with Crippen molar-refractivity contribution in [3.8, 4) is 0 Å². The second kappa shape index (κ2) is 4.70. The number of benzene rings is 1. The summed E-state index contributed by atoms with van der Waals surface area (Å²) in [5, 5.41) is 0.197. The van der Waals surface area contributed by atoms with Crippen LogP contribution in [0, 0.1) is 0 Å². The Hall–Kier alpha value is -0.400. The van der Waals surface area contributed by atoms with Crippen molar-refractivity contribution in [2.75, 3.05) is 0 Å². The lowest BCUT2D eigenvalue weighted by atomic mass is 10.0. The van der Waals surface area contributed by atoms with E-state index in [-0.39, 0.29) is 15.1 Å². The molecule has 17 heavy (non-hydrogen) atoms. The molecule has 1 aromatic rings.